The minimum absolute atomic E-state index is 0.204. The van der Waals surface area contributed by atoms with Crippen LogP contribution in [-0.2, 0) is 0 Å². The number of benzene rings is 1. The van der Waals surface area contributed by atoms with Gasteiger partial charge in [-0.15, -0.1) is 0 Å². The van der Waals surface area contributed by atoms with Gasteiger partial charge in [0.25, 0.3) is 5.91 Å². The molecule has 0 bridgehead atoms. The number of ether oxygens (including phenoxy) is 1. The number of halogens is 1. The lowest BCUT2D eigenvalue weighted by atomic mass is 9.96. The number of aliphatic hydroxyl groups excluding tert-OH is 1. The average Bonchev–Trinajstić information content (AvgIpc) is 2.45. The van der Waals surface area contributed by atoms with Crippen LogP contribution in [0.4, 0.5) is 0 Å². The first-order valence-corrected chi connectivity index (χ1v) is 7.62. The van der Waals surface area contributed by atoms with E-state index in [1.807, 2.05) is 13.8 Å². The van der Waals surface area contributed by atoms with Crippen LogP contribution >= 0.6 is 15.9 Å². The molecule has 5 heteroatoms. The maximum Gasteiger partial charge on any atom is 0.252 e. The van der Waals surface area contributed by atoms with Crippen LogP contribution in [0.15, 0.2) is 22.7 Å². The summed E-state index contributed by atoms with van der Waals surface area (Å²) in [6.45, 7) is 4.35. The van der Waals surface area contributed by atoms with Gasteiger partial charge in [-0.25, -0.2) is 0 Å². The molecule has 0 radical (unpaired) electrons. The SMILES string of the molecule is CCC(CC)C(O)CNC(=O)c1ccc(OC)cc1Br. The summed E-state index contributed by atoms with van der Waals surface area (Å²) in [6, 6.07) is 5.17. The predicted molar refractivity (Wildman–Crippen MR) is 83.1 cm³/mol. The van der Waals surface area contributed by atoms with E-state index in [9.17, 15) is 9.90 Å². The van der Waals surface area contributed by atoms with Gasteiger partial charge in [0.15, 0.2) is 0 Å². The molecule has 0 saturated carbocycles. The summed E-state index contributed by atoms with van der Waals surface area (Å²) in [4.78, 5) is 12.1. The van der Waals surface area contributed by atoms with Crippen LogP contribution in [0.25, 0.3) is 0 Å². The van der Waals surface area contributed by atoms with Crippen LogP contribution in [0.3, 0.4) is 0 Å². The summed E-state index contributed by atoms with van der Waals surface area (Å²) in [5, 5.41) is 12.8. The second-order valence-electron chi connectivity index (χ2n) is 4.70. The smallest absolute Gasteiger partial charge is 0.252 e. The molecule has 0 fully saturated rings. The van der Waals surface area contributed by atoms with Crippen LogP contribution in [0.2, 0.25) is 0 Å². The highest BCUT2D eigenvalue weighted by Crippen LogP contribution is 2.23. The van der Waals surface area contributed by atoms with E-state index in [-0.39, 0.29) is 18.4 Å². The van der Waals surface area contributed by atoms with Crippen molar-refractivity contribution in [3.63, 3.8) is 0 Å². The molecule has 112 valence electrons. The zero-order valence-electron chi connectivity index (χ0n) is 12.1. The summed E-state index contributed by atoms with van der Waals surface area (Å²) in [5.74, 6) is 0.699. The lowest BCUT2D eigenvalue weighted by Crippen LogP contribution is -2.36. The van der Waals surface area contributed by atoms with Gasteiger partial charge in [-0.05, 0) is 40.0 Å². The van der Waals surface area contributed by atoms with E-state index < -0.39 is 6.10 Å². The van der Waals surface area contributed by atoms with Gasteiger partial charge in [0.05, 0.1) is 18.8 Å². The van der Waals surface area contributed by atoms with Crippen LogP contribution in [0.5, 0.6) is 5.75 Å². The molecule has 1 unspecified atom stereocenters. The van der Waals surface area contributed by atoms with Gasteiger partial charge in [-0.1, -0.05) is 26.7 Å². The Morgan fingerprint density at radius 2 is 2.05 bits per heavy atom. The number of methoxy groups -OCH3 is 1. The van der Waals surface area contributed by atoms with Crippen molar-refractivity contribution in [1.29, 1.82) is 0 Å². The Bertz CT molecular complexity index is 447. The first-order chi connectivity index (χ1) is 9.53. The Morgan fingerprint density at radius 1 is 1.40 bits per heavy atom. The van der Waals surface area contributed by atoms with Gasteiger partial charge in [0.2, 0.25) is 0 Å². The standard InChI is InChI=1S/C15H22BrNO3/c1-4-10(5-2)14(18)9-17-15(19)12-7-6-11(20-3)8-13(12)16/h6-8,10,14,18H,4-5,9H2,1-3H3,(H,17,19). The number of carbonyl (C=O) groups excluding carboxylic acids is 1. The normalized spacial score (nSPS) is 12.3. The third-order valence-electron chi connectivity index (χ3n) is 3.49. The highest BCUT2D eigenvalue weighted by molar-refractivity contribution is 9.10. The third kappa shape index (κ3) is 4.49. The Kier molecular flexibility index (Phi) is 7.02. The summed E-state index contributed by atoms with van der Waals surface area (Å²) in [7, 11) is 1.58. The van der Waals surface area contributed by atoms with E-state index in [2.05, 4.69) is 21.2 Å². The largest absolute Gasteiger partial charge is 0.497 e. The fraction of sp³-hybridized carbons (Fsp3) is 0.533. The molecule has 0 aliphatic carbocycles. The maximum atomic E-state index is 12.1. The molecule has 0 heterocycles. The van der Waals surface area contributed by atoms with Gasteiger partial charge < -0.3 is 15.2 Å². The molecule has 1 atom stereocenters. The Morgan fingerprint density at radius 3 is 2.55 bits per heavy atom. The molecule has 20 heavy (non-hydrogen) atoms. The minimum atomic E-state index is -0.508. The highest BCUT2D eigenvalue weighted by Gasteiger charge is 2.17. The third-order valence-corrected chi connectivity index (χ3v) is 4.14. The van der Waals surface area contributed by atoms with Gasteiger partial charge in [0, 0.05) is 11.0 Å². The monoisotopic (exact) mass is 343 g/mol. The van der Waals surface area contributed by atoms with Crippen molar-refractivity contribution in [2.45, 2.75) is 32.8 Å². The molecule has 1 rings (SSSR count). The topological polar surface area (TPSA) is 58.6 Å². The van der Waals surface area contributed by atoms with Gasteiger partial charge in [0.1, 0.15) is 5.75 Å². The van der Waals surface area contributed by atoms with E-state index in [1.165, 1.54) is 0 Å². The number of carbonyl (C=O) groups is 1. The molecule has 1 amide bonds. The van der Waals surface area contributed by atoms with Crippen LogP contribution in [-0.4, -0.2) is 30.8 Å². The van der Waals surface area contributed by atoms with Crippen molar-refractivity contribution in [2.24, 2.45) is 5.92 Å². The van der Waals surface area contributed by atoms with Crippen LogP contribution in [0, 0.1) is 5.92 Å². The molecule has 2 N–H and O–H groups in total. The quantitative estimate of drug-likeness (QED) is 0.800. The van der Waals surface area contributed by atoms with Crippen LogP contribution < -0.4 is 10.1 Å². The Balaban J connectivity index is 2.63. The zero-order chi connectivity index (χ0) is 15.1. The lowest BCUT2D eigenvalue weighted by molar-refractivity contribution is 0.0816. The van der Waals surface area contributed by atoms with Gasteiger partial charge >= 0.3 is 0 Å². The molecule has 1 aromatic rings. The van der Waals surface area contributed by atoms with E-state index in [0.717, 1.165) is 12.8 Å². The lowest BCUT2D eigenvalue weighted by Gasteiger charge is -2.20. The molecule has 1 aromatic carbocycles. The number of nitrogens with one attached hydrogen (secondary N) is 1. The minimum Gasteiger partial charge on any atom is -0.497 e. The maximum absolute atomic E-state index is 12.1. The fourth-order valence-corrected chi connectivity index (χ4v) is 2.64. The zero-order valence-corrected chi connectivity index (χ0v) is 13.7. The van der Waals surface area contributed by atoms with Crippen molar-refractivity contribution in [2.75, 3.05) is 13.7 Å². The second kappa shape index (κ2) is 8.27. The van der Waals surface area contributed by atoms with E-state index in [4.69, 9.17) is 4.74 Å². The first kappa shape index (κ1) is 17.0. The molecule has 0 aliphatic rings. The number of rotatable bonds is 7. The van der Waals surface area contributed by atoms with Crippen molar-refractivity contribution in [3.05, 3.63) is 28.2 Å². The summed E-state index contributed by atoms with van der Waals surface area (Å²) >= 11 is 3.35. The molecular weight excluding hydrogens is 322 g/mol. The number of hydrogen-bond donors (Lipinski definition) is 2. The van der Waals surface area contributed by atoms with E-state index in [0.29, 0.717) is 15.8 Å². The van der Waals surface area contributed by atoms with Crippen molar-refractivity contribution in [3.8, 4) is 5.75 Å². The molecule has 0 aromatic heterocycles. The summed E-state index contributed by atoms with van der Waals surface area (Å²) < 4.78 is 5.76. The second-order valence-corrected chi connectivity index (χ2v) is 5.55. The molecule has 0 aliphatic heterocycles. The molecule has 0 spiro atoms. The molecule has 0 saturated heterocycles. The average molecular weight is 344 g/mol. The van der Waals surface area contributed by atoms with E-state index in [1.54, 1.807) is 25.3 Å². The predicted octanol–water partition coefficient (Wildman–Crippen LogP) is 2.98. The van der Waals surface area contributed by atoms with Gasteiger partial charge in [-0.2, -0.15) is 0 Å². The highest BCUT2D eigenvalue weighted by atomic mass is 79.9. The molecule has 4 nitrogen and oxygen atoms in total. The summed E-state index contributed by atoms with van der Waals surface area (Å²) in [6.07, 6.45) is 1.30. The van der Waals surface area contributed by atoms with Crippen molar-refractivity contribution < 1.29 is 14.6 Å². The summed E-state index contributed by atoms with van der Waals surface area (Å²) in [5.41, 5.74) is 0.530. The van der Waals surface area contributed by atoms with Crippen LogP contribution in [0.1, 0.15) is 37.0 Å². The van der Waals surface area contributed by atoms with Crippen molar-refractivity contribution in [1.82, 2.24) is 5.32 Å². The number of hydrogen-bond acceptors (Lipinski definition) is 3. The Labute approximate surface area is 128 Å². The first-order valence-electron chi connectivity index (χ1n) is 6.83. The van der Waals surface area contributed by atoms with Gasteiger partial charge in [-0.3, -0.25) is 4.79 Å². The number of amides is 1. The molecular formula is C15H22BrNO3. The van der Waals surface area contributed by atoms with Crippen molar-refractivity contribution >= 4 is 21.8 Å². The fourth-order valence-electron chi connectivity index (χ4n) is 2.10. The number of aliphatic hydroxyl groups is 1. The van der Waals surface area contributed by atoms with E-state index >= 15 is 0 Å². The Hall–Kier alpha value is -1.07.